The van der Waals surface area contributed by atoms with Crippen molar-refractivity contribution in [1.29, 1.82) is 0 Å². The van der Waals surface area contributed by atoms with E-state index < -0.39 is 5.54 Å². The Morgan fingerprint density at radius 1 is 0.776 bits per heavy atom. The van der Waals surface area contributed by atoms with Crippen LogP contribution < -0.4 is 5.32 Å². The summed E-state index contributed by atoms with van der Waals surface area (Å²) in [5.41, 5.74) is 4.74. The van der Waals surface area contributed by atoms with E-state index in [2.05, 4.69) is 114 Å². The van der Waals surface area contributed by atoms with Crippen LogP contribution in [0.5, 0.6) is 0 Å². The molecule has 7 heteroatoms. The number of piperidine rings is 1. The van der Waals surface area contributed by atoms with Gasteiger partial charge in [-0.25, -0.2) is 4.68 Å². The van der Waals surface area contributed by atoms with Gasteiger partial charge in [-0.3, -0.25) is 4.79 Å². The summed E-state index contributed by atoms with van der Waals surface area (Å²) in [5, 5.41) is 10.6. The maximum absolute atomic E-state index is 14.1. The number of hydrogen-bond acceptors (Lipinski definition) is 3. The van der Waals surface area contributed by atoms with Crippen LogP contribution in [-0.4, -0.2) is 40.2 Å². The van der Waals surface area contributed by atoms with E-state index in [1.807, 2.05) is 42.5 Å². The zero-order valence-electron chi connectivity index (χ0n) is 27.8. The number of nitrogens with one attached hydrogen (secondary N) is 1. The van der Waals surface area contributed by atoms with Crippen LogP contribution in [0.4, 0.5) is 5.82 Å². The summed E-state index contributed by atoms with van der Waals surface area (Å²) in [5.74, 6) is 1.02. The summed E-state index contributed by atoms with van der Waals surface area (Å²) < 4.78 is 2.08. The normalized spacial score (nSPS) is 14.4. The predicted octanol–water partition coefficient (Wildman–Crippen LogP) is 10.2. The molecule has 1 aromatic heterocycles. The van der Waals surface area contributed by atoms with Gasteiger partial charge in [0.2, 0.25) is 5.91 Å². The number of anilines is 1. The molecule has 1 aliphatic heterocycles. The van der Waals surface area contributed by atoms with Crippen molar-refractivity contribution in [3.8, 4) is 11.1 Å². The minimum atomic E-state index is -0.864. The second kappa shape index (κ2) is 14.2. The van der Waals surface area contributed by atoms with Crippen molar-refractivity contribution in [1.82, 2.24) is 14.7 Å². The zero-order valence-corrected chi connectivity index (χ0v) is 29.3. The lowest BCUT2D eigenvalue weighted by atomic mass is 9.77. The molecular weight excluding hydrogens is 647 g/mol. The molecule has 5 nitrogen and oxygen atoms in total. The highest BCUT2D eigenvalue weighted by molar-refractivity contribution is 6.39. The van der Waals surface area contributed by atoms with Crippen LogP contribution in [0.15, 0.2) is 127 Å². The minimum absolute atomic E-state index is 0.00154. The van der Waals surface area contributed by atoms with Gasteiger partial charge < -0.3 is 10.2 Å². The molecular formula is C42H40Cl2N4O. The number of nitrogens with zero attached hydrogens (tertiary/aromatic N) is 3. The fraction of sp³-hybridized carbons (Fsp3) is 0.238. The third-order valence-corrected chi connectivity index (χ3v) is 10.3. The van der Waals surface area contributed by atoms with E-state index in [1.165, 1.54) is 0 Å². The Balaban J connectivity index is 1.44. The van der Waals surface area contributed by atoms with E-state index in [1.54, 1.807) is 0 Å². The minimum Gasteiger partial charge on any atom is -0.308 e. The van der Waals surface area contributed by atoms with Gasteiger partial charge in [0, 0.05) is 33.5 Å². The Labute approximate surface area is 298 Å². The van der Waals surface area contributed by atoms with Crippen LogP contribution in [-0.2, 0) is 10.3 Å². The largest absolute Gasteiger partial charge is 0.308 e. The number of carbonyl (C=O) groups excluding carboxylic acids is 1. The van der Waals surface area contributed by atoms with Crippen LogP contribution in [0.1, 0.15) is 43.4 Å². The molecule has 0 unspecified atom stereocenters. The molecule has 0 saturated carbocycles. The third kappa shape index (κ3) is 6.39. The Bertz CT molecular complexity index is 1940. The molecule has 1 amide bonds. The molecule has 0 atom stereocenters. The molecule has 0 radical (unpaired) electrons. The van der Waals surface area contributed by atoms with Crippen molar-refractivity contribution in [3.63, 3.8) is 0 Å². The van der Waals surface area contributed by atoms with Crippen molar-refractivity contribution in [2.45, 2.75) is 32.2 Å². The number of aromatic nitrogens is 2. The first-order valence-electron chi connectivity index (χ1n) is 17.0. The number of hydrogen-bond donors (Lipinski definition) is 1. The molecule has 0 spiro atoms. The van der Waals surface area contributed by atoms with Crippen molar-refractivity contribution >= 4 is 45.8 Å². The van der Waals surface area contributed by atoms with E-state index >= 15 is 0 Å². The Morgan fingerprint density at radius 2 is 1.31 bits per heavy atom. The van der Waals surface area contributed by atoms with Crippen molar-refractivity contribution in [3.05, 3.63) is 154 Å². The maximum Gasteiger partial charge on any atom is 0.228 e. The van der Waals surface area contributed by atoms with Gasteiger partial charge in [0.25, 0.3) is 0 Å². The zero-order chi connectivity index (χ0) is 34.0. The number of fused-ring (bicyclic) bond motifs is 1. The lowest BCUT2D eigenvalue weighted by molar-refractivity contribution is -0.121. The van der Waals surface area contributed by atoms with Gasteiger partial charge in [-0.15, -0.1) is 0 Å². The molecule has 1 fully saturated rings. The molecule has 49 heavy (non-hydrogen) atoms. The van der Waals surface area contributed by atoms with Gasteiger partial charge in [0.1, 0.15) is 5.54 Å². The highest BCUT2D eigenvalue weighted by Gasteiger charge is 2.41. The summed E-state index contributed by atoms with van der Waals surface area (Å²) in [6, 6.07) is 43.0. The van der Waals surface area contributed by atoms with Crippen molar-refractivity contribution in [2.75, 3.05) is 25.0 Å². The first kappa shape index (κ1) is 33.1. The van der Waals surface area contributed by atoms with E-state index in [0.29, 0.717) is 21.8 Å². The molecule has 0 aliphatic carbocycles. The van der Waals surface area contributed by atoms with Crippen LogP contribution in [0, 0.1) is 11.8 Å². The van der Waals surface area contributed by atoms with Gasteiger partial charge in [-0.05, 0) is 78.4 Å². The van der Waals surface area contributed by atoms with Gasteiger partial charge in [-0.2, -0.15) is 5.10 Å². The third-order valence-electron chi connectivity index (χ3n) is 9.65. The van der Waals surface area contributed by atoms with E-state index in [4.69, 9.17) is 28.3 Å². The highest BCUT2D eigenvalue weighted by Crippen LogP contribution is 2.45. The van der Waals surface area contributed by atoms with Gasteiger partial charge in [0.15, 0.2) is 5.82 Å². The van der Waals surface area contributed by atoms with Crippen LogP contribution >= 0.6 is 23.2 Å². The molecule has 2 heterocycles. The maximum atomic E-state index is 14.1. The standard InChI is InChI=1S/C42H40Cl2N4O/c1-29(2)28-47-25-23-30(24-26-47)41(49)45-40-35-27-31(39-36(43)19-12-20-37(39)44)21-22-38(35)48(46-40)42(32-13-6-3-7-14-32,33-15-8-4-9-16-33)34-17-10-5-11-18-34/h3-22,27,29-30H,23-26,28H2,1-2H3,(H,45,46,49). The van der Waals surface area contributed by atoms with Gasteiger partial charge >= 0.3 is 0 Å². The quantitative estimate of drug-likeness (QED) is 0.154. The lowest BCUT2D eigenvalue weighted by Crippen LogP contribution is -2.40. The number of carbonyl (C=O) groups is 1. The molecule has 0 bridgehead atoms. The second-order valence-electron chi connectivity index (χ2n) is 13.4. The van der Waals surface area contributed by atoms with E-state index in [-0.39, 0.29) is 11.8 Å². The van der Waals surface area contributed by atoms with Gasteiger partial charge in [0.05, 0.1) is 5.52 Å². The monoisotopic (exact) mass is 686 g/mol. The fourth-order valence-electron chi connectivity index (χ4n) is 7.41. The summed E-state index contributed by atoms with van der Waals surface area (Å²) >= 11 is 13.4. The van der Waals surface area contributed by atoms with Crippen molar-refractivity contribution in [2.24, 2.45) is 11.8 Å². The van der Waals surface area contributed by atoms with E-state index in [0.717, 1.165) is 71.2 Å². The first-order chi connectivity index (χ1) is 23.9. The van der Waals surface area contributed by atoms with Crippen LogP contribution in [0.3, 0.4) is 0 Å². The molecule has 248 valence electrons. The number of rotatable bonds is 9. The number of halogens is 2. The molecule has 5 aromatic carbocycles. The fourth-order valence-corrected chi connectivity index (χ4v) is 8.03. The number of likely N-dealkylation sites (tertiary alicyclic amines) is 1. The average molecular weight is 688 g/mol. The summed E-state index contributed by atoms with van der Waals surface area (Å²) in [7, 11) is 0. The Morgan fingerprint density at radius 3 is 1.82 bits per heavy atom. The van der Waals surface area contributed by atoms with Gasteiger partial charge in [-0.1, -0.05) is 140 Å². The number of amides is 1. The predicted molar refractivity (Wildman–Crippen MR) is 202 cm³/mol. The second-order valence-corrected chi connectivity index (χ2v) is 14.2. The van der Waals surface area contributed by atoms with E-state index in [9.17, 15) is 4.79 Å². The highest BCUT2D eigenvalue weighted by atomic mass is 35.5. The summed E-state index contributed by atoms with van der Waals surface area (Å²) in [6.45, 7) is 7.37. The smallest absolute Gasteiger partial charge is 0.228 e. The Kier molecular flexibility index (Phi) is 9.59. The Hall–Kier alpha value is -4.42. The first-order valence-corrected chi connectivity index (χ1v) is 17.8. The number of benzene rings is 5. The molecule has 1 saturated heterocycles. The molecule has 7 rings (SSSR count). The van der Waals surface area contributed by atoms with Crippen molar-refractivity contribution < 1.29 is 4.79 Å². The summed E-state index contributed by atoms with van der Waals surface area (Å²) in [6.07, 6.45) is 1.64. The molecule has 1 aliphatic rings. The molecule has 6 aromatic rings. The topological polar surface area (TPSA) is 50.2 Å². The molecule has 1 N–H and O–H groups in total. The lowest BCUT2D eigenvalue weighted by Gasteiger charge is -2.37. The van der Waals surface area contributed by atoms with Crippen LogP contribution in [0.2, 0.25) is 10.0 Å². The van der Waals surface area contributed by atoms with Crippen LogP contribution in [0.25, 0.3) is 22.0 Å². The SMILES string of the molecule is CC(C)CN1CCC(C(=O)Nc2nn(C(c3ccccc3)(c3ccccc3)c3ccccc3)c3ccc(-c4c(Cl)cccc4Cl)cc23)CC1. The average Bonchev–Trinajstić information content (AvgIpc) is 3.47. The summed E-state index contributed by atoms with van der Waals surface area (Å²) in [4.78, 5) is 16.5.